The van der Waals surface area contributed by atoms with Gasteiger partial charge < -0.3 is 4.98 Å². The normalized spacial score (nSPS) is 11.7. The van der Waals surface area contributed by atoms with Gasteiger partial charge in [0, 0.05) is 17.7 Å². The molecule has 112 valence electrons. The van der Waals surface area contributed by atoms with Crippen molar-refractivity contribution < 1.29 is 17.6 Å². The van der Waals surface area contributed by atoms with Crippen LogP contribution in [0.1, 0.15) is 24.7 Å². The van der Waals surface area contributed by atoms with Crippen LogP contribution in [0.4, 0.5) is 17.6 Å². The van der Waals surface area contributed by atoms with Gasteiger partial charge in [-0.25, -0.2) is 9.37 Å². The van der Waals surface area contributed by atoms with E-state index in [0.717, 1.165) is 18.6 Å². The Kier molecular flexibility index (Phi) is 4.41. The molecule has 1 heterocycles. The number of H-pyrrole nitrogens is 1. The van der Waals surface area contributed by atoms with Gasteiger partial charge in [0.1, 0.15) is 16.3 Å². The van der Waals surface area contributed by atoms with Gasteiger partial charge in [-0.3, -0.25) is 0 Å². The van der Waals surface area contributed by atoms with Gasteiger partial charge in [0.25, 0.3) is 0 Å². The Morgan fingerprint density at radius 1 is 1.24 bits per heavy atom. The fourth-order valence-electron chi connectivity index (χ4n) is 1.93. The molecule has 0 unspecified atom stereocenters. The van der Waals surface area contributed by atoms with Crippen LogP contribution < -0.4 is 0 Å². The highest BCUT2D eigenvalue weighted by Crippen LogP contribution is 2.33. The first-order valence-corrected chi connectivity index (χ1v) is 6.69. The fourth-order valence-corrected chi connectivity index (χ4v) is 2.16. The van der Waals surface area contributed by atoms with Crippen molar-refractivity contribution in [1.29, 1.82) is 0 Å². The molecule has 0 amide bonds. The average molecular weight is 316 g/mol. The first-order chi connectivity index (χ1) is 9.81. The topological polar surface area (TPSA) is 28.7 Å². The van der Waals surface area contributed by atoms with E-state index >= 15 is 0 Å². The molecule has 1 aromatic heterocycles. The third-order valence-electron chi connectivity index (χ3n) is 2.86. The van der Waals surface area contributed by atoms with E-state index in [1.807, 2.05) is 6.92 Å². The maximum Gasteiger partial charge on any atom is 0.419 e. The van der Waals surface area contributed by atoms with E-state index in [4.69, 9.17) is 12.2 Å². The number of halogens is 4. The lowest BCUT2D eigenvalue weighted by Crippen LogP contribution is -2.08. The summed E-state index contributed by atoms with van der Waals surface area (Å²) in [6.45, 7) is 1.96. The Bertz CT molecular complexity index is 707. The van der Waals surface area contributed by atoms with Crippen LogP contribution in [-0.4, -0.2) is 9.97 Å². The van der Waals surface area contributed by atoms with Gasteiger partial charge in [-0.05, 0) is 24.6 Å². The Morgan fingerprint density at radius 2 is 1.95 bits per heavy atom. The van der Waals surface area contributed by atoms with E-state index in [2.05, 4.69) is 9.97 Å². The summed E-state index contributed by atoms with van der Waals surface area (Å²) in [5.41, 5.74) is -0.537. The molecule has 2 rings (SSSR count). The molecule has 0 aliphatic rings. The highest BCUT2D eigenvalue weighted by atomic mass is 32.1. The zero-order valence-corrected chi connectivity index (χ0v) is 11.9. The van der Waals surface area contributed by atoms with E-state index in [1.165, 1.54) is 12.1 Å². The molecular weight excluding hydrogens is 304 g/mol. The predicted molar refractivity (Wildman–Crippen MR) is 73.8 cm³/mol. The Labute approximate surface area is 123 Å². The van der Waals surface area contributed by atoms with Crippen molar-refractivity contribution in [3.63, 3.8) is 0 Å². The van der Waals surface area contributed by atoms with Crippen LogP contribution in [0.3, 0.4) is 0 Å². The standard InChI is InChI=1S/C14H12F4N2S/c1-2-3-12-19-11(7-13(21)20-12)8-4-5-9(10(15)6-8)14(16,17)18/h4-7H,2-3H2,1H3,(H,19,20,21). The molecule has 0 saturated carbocycles. The van der Waals surface area contributed by atoms with Crippen LogP contribution in [0.2, 0.25) is 0 Å². The summed E-state index contributed by atoms with van der Waals surface area (Å²) < 4.78 is 51.5. The summed E-state index contributed by atoms with van der Waals surface area (Å²) in [7, 11) is 0. The number of aromatic nitrogens is 2. The minimum atomic E-state index is -4.71. The van der Waals surface area contributed by atoms with Gasteiger partial charge >= 0.3 is 6.18 Å². The van der Waals surface area contributed by atoms with Crippen molar-refractivity contribution in [1.82, 2.24) is 9.97 Å². The third kappa shape index (κ3) is 3.66. The summed E-state index contributed by atoms with van der Waals surface area (Å²) >= 11 is 5.01. The number of nitrogens with one attached hydrogen (secondary N) is 1. The molecule has 0 saturated heterocycles. The maximum atomic E-state index is 13.6. The molecule has 2 nitrogen and oxygen atoms in total. The maximum absolute atomic E-state index is 13.6. The quantitative estimate of drug-likeness (QED) is 0.643. The van der Waals surface area contributed by atoms with Gasteiger partial charge in [-0.2, -0.15) is 13.2 Å². The molecule has 0 aliphatic carbocycles. The first-order valence-electron chi connectivity index (χ1n) is 6.28. The van der Waals surface area contributed by atoms with Crippen LogP contribution in [0, 0.1) is 10.5 Å². The Morgan fingerprint density at radius 3 is 2.52 bits per heavy atom. The van der Waals surface area contributed by atoms with Crippen molar-refractivity contribution in [2.75, 3.05) is 0 Å². The molecule has 0 atom stereocenters. The van der Waals surface area contributed by atoms with Crippen LogP contribution in [-0.2, 0) is 12.6 Å². The minimum Gasteiger partial charge on any atom is -0.343 e. The third-order valence-corrected chi connectivity index (χ3v) is 3.07. The number of nitrogens with zero attached hydrogens (tertiary/aromatic N) is 1. The molecule has 0 aliphatic heterocycles. The van der Waals surface area contributed by atoms with Gasteiger partial charge in [0.15, 0.2) is 0 Å². The first kappa shape index (κ1) is 15.6. The Hall–Kier alpha value is -1.76. The van der Waals surface area contributed by atoms with Gasteiger partial charge in [-0.1, -0.05) is 25.2 Å². The Balaban J connectivity index is 2.48. The van der Waals surface area contributed by atoms with E-state index in [9.17, 15) is 17.6 Å². The minimum absolute atomic E-state index is 0.298. The van der Waals surface area contributed by atoms with Crippen molar-refractivity contribution in [3.05, 3.63) is 46.1 Å². The van der Waals surface area contributed by atoms with E-state index in [1.54, 1.807) is 0 Å². The van der Waals surface area contributed by atoms with E-state index in [0.29, 0.717) is 28.1 Å². The highest BCUT2D eigenvalue weighted by molar-refractivity contribution is 7.71. The van der Waals surface area contributed by atoms with Crippen LogP contribution in [0.5, 0.6) is 0 Å². The summed E-state index contributed by atoms with van der Waals surface area (Å²) in [5, 5.41) is 0. The van der Waals surface area contributed by atoms with Crippen molar-refractivity contribution in [2.45, 2.75) is 25.9 Å². The van der Waals surface area contributed by atoms with Crippen LogP contribution in [0.15, 0.2) is 24.3 Å². The largest absolute Gasteiger partial charge is 0.419 e. The monoisotopic (exact) mass is 316 g/mol. The number of benzene rings is 1. The zero-order valence-electron chi connectivity index (χ0n) is 11.1. The molecule has 0 spiro atoms. The smallest absolute Gasteiger partial charge is 0.343 e. The zero-order chi connectivity index (χ0) is 15.6. The number of aromatic amines is 1. The highest BCUT2D eigenvalue weighted by Gasteiger charge is 2.33. The second-order valence-corrected chi connectivity index (χ2v) is 4.94. The molecule has 0 bridgehead atoms. The van der Waals surface area contributed by atoms with Crippen molar-refractivity contribution >= 4 is 12.2 Å². The lowest BCUT2D eigenvalue weighted by Gasteiger charge is -2.10. The molecule has 21 heavy (non-hydrogen) atoms. The van der Waals surface area contributed by atoms with Crippen LogP contribution >= 0.6 is 12.2 Å². The number of hydrogen-bond donors (Lipinski definition) is 1. The fraction of sp³-hybridized carbons (Fsp3) is 0.286. The molecule has 7 heteroatoms. The number of alkyl halides is 3. The second kappa shape index (κ2) is 5.93. The average Bonchev–Trinajstić information content (AvgIpc) is 2.36. The molecule has 0 radical (unpaired) electrons. The van der Waals surface area contributed by atoms with Gasteiger partial charge in [-0.15, -0.1) is 0 Å². The second-order valence-electron chi connectivity index (χ2n) is 4.52. The van der Waals surface area contributed by atoms with E-state index in [-0.39, 0.29) is 0 Å². The molecule has 2 aromatic rings. The molecular formula is C14H12F4N2S. The SMILES string of the molecule is CCCc1nc(=S)cc(-c2ccc(C(F)(F)F)c(F)c2)[nH]1. The molecule has 0 fully saturated rings. The number of aryl methyl sites for hydroxylation is 1. The van der Waals surface area contributed by atoms with Crippen molar-refractivity contribution in [2.24, 2.45) is 0 Å². The number of hydrogen-bond acceptors (Lipinski definition) is 2. The van der Waals surface area contributed by atoms with Gasteiger partial charge in [0.05, 0.1) is 5.56 Å². The summed E-state index contributed by atoms with van der Waals surface area (Å²) in [4.78, 5) is 7.08. The molecule has 1 aromatic carbocycles. The lowest BCUT2D eigenvalue weighted by atomic mass is 10.1. The summed E-state index contributed by atoms with van der Waals surface area (Å²) in [5.74, 6) is -0.687. The lowest BCUT2D eigenvalue weighted by molar-refractivity contribution is -0.139. The summed E-state index contributed by atoms with van der Waals surface area (Å²) in [6.07, 6.45) is -3.22. The predicted octanol–water partition coefficient (Wildman–Crippen LogP) is 4.92. The summed E-state index contributed by atoms with van der Waals surface area (Å²) in [6, 6.07) is 4.28. The van der Waals surface area contributed by atoms with Gasteiger partial charge in [0.2, 0.25) is 0 Å². The van der Waals surface area contributed by atoms with Crippen molar-refractivity contribution in [3.8, 4) is 11.3 Å². The number of rotatable bonds is 3. The van der Waals surface area contributed by atoms with Crippen LogP contribution in [0.25, 0.3) is 11.3 Å². The van der Waals surface area contributed by atoms with E-state index < -0.39 is 17.6 Å². The molecule has 1 N–H and O–H groups in total.